The summed E-state index contributed by atoms with van der Waals surface area (Å²) >= 11 is 0. The van der Waals surface area contributed by atoms with Gasteiger partial charge in [0.15, 0.2) is 5.78 Å². The van der Waals surface area contributed by atoms with Crippen LogP contribution in [-0.4, -0.2) is 24.0 Å². The van der Waals surface area contributed by atoms with Crippen molar-refractivity contribution in [2.75, 3.05) is 0 Å². The first-order valence-corrected chi connectivity index (χ1v) is 6.58. The monoisotopic (exact) mass is 270 g/mol. The first-order chi connectivity index (χ1) is 6.62. The van der Waals surface area contributed by atoms with Crippen molar-refractivity contribution in [2.24, 2.45) is 16.7 Å². The fraction of sp³-hybridized carbons (Fsp3) is 0.900. The Kier molecular flexibility index (Phi) is 3.93. The van der Waals surface area contributed by atoms with E-state index in [4.69, 9.17) is 0 Å². The Morgan fingerprint density at radius 2 is 1.81 bits per heavy atom. The van der Waals surface area contributed by atoms with Crippen LogP contribution in [-0.2, 0) is 14.9 Å². The van der Waals surface area contributed by atoms with E-state index in [0.29, 0.717) is 12.8 Å². The Bertz CT molecular complexity index is 428. The van der Waals surface area contributed by atoms with Gasteiger partial charge in [0.25, 0.3) is 0 Å². The molecule has 0 aromatic heterocycles. The number of fused-ring (bicyclic) bond motifs is 2. The molecular weight excluding hydrogens is 255 g/mol. The second kappa shape index (κ2) is 4.11. The molecule has 0 spiro atoms. The zero-order chi connectivity index (χ0) is 11.6. The van der Waals surface area contributed by atoms with Gasteiger partial charge in [-0.1, -0.05) is 20.8 Å². The number of hydrogen-bond donors (Lipinski definition) is 0. The molecule has 2 fully saturated rings. The largest absolute Gasteiger partial charge is 1.00 e. The predicted molar refractivity (Wildman–Crippen MR) is 53.1 cm³/mol. The number of carbonyl (C=O) groups is 1. The molecule has 0 aliphatic heterocycles. The SMILES string of the molecule is CC12CCC(C(S(=O)(=O)[O-])C1=O)C2(C)C.[K+]. The molecule has 0 aromatic carbocycles. The molecule has 2 saturated carbocycles. The molecule has 2 bridgehead atoms. The van der Waals surface area contributed by atoms with Crippen molar-refractivity contribution in [1.82, 2.24) is 0 Å². The van der Waals surface area contributed by atoms with Gasteiger partial charge in [-0.05, 0) is 24.2 Å². The molecule has 2 aliphatic carbocycles. The van der Waals surface area contributed by atoms with Crippen LogP contribution in [0.2, 0.25) is 0 Å². The summed E-state index contributed by atoms with van der Waals surface area (Å²) < 4.78 is 33.3. The standard InChI is InChI=1S/C10H16O4S.K/c1-9(2)6-4-5-10(9,3)8(11)7(6)15(12,13)14;/h6-7H,4-5H2,1-3H3,(H,12,13,14);/q;+1/p-1. The molecule has 6 heteroatoms. The number of ketones is 1. The summed E-state index contributed by atoms with van der Waals surface area (Å²) in [7, 11) is -4.49. The molecule has 2 rings (SSSR count). The molecular formula is C10H15KO4S. The van der Waals surface area contributed by atoms with Crippen LogP contribution in [0.3, 0.4) is 0 Å². The second-order valence-corrected chi connectivity index (χ2v) is 6.97. The third-order valence-corrected chi connectivity index (χ3v) is 5.95. The summed E-state index contributed by atoms with van der Waals surface area (Å²) in [4.78, 5) is 12.0. The minimum absolute atomic E-state index is 0. The summed E-state index contributed by atoms with van der Waals surface area (Å²) in [6, 6.07) is 0. The zero-order valence-corrected chi connectivity index (χ0v) is 14.0. The molecule has 0 radical (unpaired) electrons. The fourth-order valence-electron chi connectivity index (χ4n) is 3.34. The Balaban J connectivity index is 0.00000128. The van der Waals surface area contributed by atoms with E-state index in [1.165, 1.54) is 0 Å². The van der Waals surface area contributed by atoms with Crippen molar-refractivity contribution in [2.45, 2.75) is 38.9 Å². The molecule has 3 atom stereocenters. The minimum atomic E-state index is -4.49. The zero-order valence-electron chi connectivity index (χ0n) is 10.1. The van der Waals surface area contributed by atoms with E-state index in [2.05, 4.69) is 0 Å². The van der Waals surface area contributed by atoms with E-state index < -0.39 is 20.8 Å². The van der Waals surface area contributed by atoms with Gasteiger partial charge in [-0.15, -0.1) is 0 Å². The topological polar surface area (TPSA) is 74.3 Å². The van der Waals surface area contributed by atoms with Gasteiger partial charge in [0.2, 0.25) is 0 Å². The molecule has 0 aromatic rings. The second-order valence-electron chi connectivity index (χ2n) is 5.48. The van der Waals surface area contributed by atoms with Crippen LogP contribution in [0.15, 0.2) is 0 Å². The van der Waals surface area contributed by atoms with Gasteiger partial charge in [0.1, 0.15) is 15.4 Å². The molecule has 0 saturated heterocycles. The molecule has 0 N–H and O–H groups in total. The average Bonchev–Trinajstić information content (AvgIpc) is 2.33. The van der Waals surface area contributed by atoms with Crippen molar-refractivity contribution in [3.63, 3.8) is 0 Å². The number of hydrogen-bond acceptors (Lipinski definition) is 4. The van der Waals surface area contributed by atoms with Gasteiger partial charge in [-0.3, -0.25) is 4.79 Å². The Labute approximate surface area is 139 Å². The molecule has 4 nitrogen and oxygen atoms in total. The van der Waals surface area contributed by atoms with Crippen molar-refractivity contribution in [1.29, 1.82) is 0 Å². The predicted octanol–water partition coefficient (Wildman–Crippen LogP) is -2.07. The maximum Gasteiger partial charge on any atom is 1.00 e. The van der Waals surface area contributed by atoms with Gasteiger partial charge >= 0.3 is 51.4 Å². The molecule has 16 heavy (non-hydrogen) atoms. The number of carbonyl (C=O) groups excluding carboxylic acids is 1. The van der Waals surface area contributed by atoms with Crippen LogP contribution in [0, 0.1) is 16.7 Å². The van der Waals surface area contributed by atoms with Crippen LogP contribution in [0.25, 0.3) is 0 Å². The van der Waals surface area contributed by atoms with E-state index in [1.807, 2.05) is 13.8 Å². The quantitative estimate of drug-likeness (QED) is 0.405. The smallest absolute Gasteiger partial charge is 0.747 e. The third kappa shape index (κ3) is 1.73. The van der Waals surface area contributed by atoms with Crippen LogP contribution in [0.1, 0.15) is 33.6 Å². The Morgan fingerprint density at radius 1 is 1.31 bits per heavy atom. The normalized spacial score (nSPS) is 40.9. The van der Waals surface area contributed by atoms with E-state index in [0.717, 1.165) is 0 Å². The van der Waals surface area contributed by atoms with Gasteiger partial charge in [0.05, 0.1) is 0 Å². The molecule has 86 valence electrons. The van der Waals surface area contributed by atoms with Gasteiger partial charge in [0, 0.05) is 5.41 Å². The summed E-state index contributed by atoms with van der Waals surface area (Å²) in [5.41, 5.74) is -0.994. The van der Waals surface area contributed by atoms with Crippen LogP contribution in [0.4, 0.5) is 0 Å². The molecule has 3 unspecified atom stereocenters. The van der Waals surface area contributed by atoms with Gasteiger partial charge in [-0.2, -0.15) is 0 Å². The van der Waals surface area contributed by atoms with E-state index >= 15 is 0 Å². The molecule has 0 amide bonds. The maximum absolute atomic E-state index is 12.0. The van der Waals surface area contributed by atoms with Crippen LogP contribution >= 0.6 is 0 Å². The van der Waals surface area contributed by atoms with Gasteiger partial charge in [-0.25, -0.2) is 8.42 Å². The summed E-state index contributed by atoms with van der Waals surface area (Å²) in [5.74, 6) is -0.656. The Hall–Kier alpha value is 1.22. The number of Topliss-reactive ketones (excluding diaryl/α,β-unsaturated/α-hetero) is 1. The minimum Gasteiger partial charge on any atom is -0.747 e. The first-order valence-electron chi connectivity index (χ1n) is 5.11. The van der Waals surface area contributed by atoms with E-state index in [9.17, 15) is 17.8 Å². The molecule has 2 aliphatic rings. The Morgan fingerprint density at radius 3 is 2.06 bits per heavy atom. The third-order valence-electron chi connectivity index (χ3n) is 4.78. The number of rotatable bonds is 1. The van der Waals surface area contributed by atoms with Crippen molar-refractivity contribution < 1.29 is 69.1 Å². The van der Waals surface area contributed by atoms with Crippen molar-refractivity contribution in [3.05, 3.63) is 0 Å². The summed E-state index contributed by atoms with van der Waals surface area (Å²) in [6.45, 7) is 5.59. The molecule has 0 heterocycles. The van der Waals surface area contributed by atoms with E-state index in [-0.39, 0.29) is 68.5 Å². The van der Waals surface area contributed by atoms with Crippen molar-refractivity contribution >= 4 is 15.9 Å². The summed E-state index contributed by atoms with van der Waals surface area (Å²) in [5, 5.41) is -1.30. The average molecular weight is 270 g/mol. The fourth-order valence-corrected chi connectivity index (χ4v) is 4.74. The van der Waals surface area contributed by atoms with Crippen LogP contribution < -0.4 is 51.4 Å². The van der Waals surface area contributed by atoms with Gasteiger partial charge < -0.3 is 4.55 Å². The van der Waals surface area contributed by atoms with Crippen molar-refractivity contribution in [3.8, 4) is 0 Å². The van der Waals surface area contributed by atoms with Crippen LogP contribution in [0.5, 0.6) is 0 Å². The maximum atomic E-state index is 12.0. The van der Waals surface area contributed by atoms with E-state index in [1.54, 1.807) is 6.92 Å². The first kappa shape index (κ1) is 15.3. The summed E-state index contributed by atoms with van der Waals surface area (Å²) in [6.07, 6.45) is 1.37.